The normalized spacial score (nSPS) is 19.4. The van der Waals surface area contributed by atoms with Crippen molar-refractivity contribution >= 4 is 17.7 Å². The second-order valence-electron chi connectivity index (χ2n) is 6.63. The van der Waals surface area contributed by atoms with E-state index < -0.39 is 5.60 Å². The number of pyridine rings is 1. The molecule has 0 radical (unpaired) electrons. The monoisotopic (exact) mass is 310 g/mol. The maximum atomic E-state index is 12.1. The van der Waals surface area contributed by atoms with E-state index in [2.05, 4.69) is 4.98 Å². The first-order chi connectivity index (χ1) is 9.83. The summed E-state index contributed by atoms with van der Waals surface area (Å²) in [5.74, 6) is 0.449. The molecule has 1 aliphatic heterocycles. The summed E-state index contributed by atoms with van der Waals surface area (Å²) in [6, 6.07) is 3.88. The van der Waals surface area contributed by atoms with Crippen LogP contribution in [0.4, 0.5) is 4.79 Å². The highest BCUT2D eigenvalue weighted by Crippen LogP contribution is 2.23. The molecule has 0 N–H and O–H groups in total. The average molecular weight is 311 g/mol. The van der Waals surface area contributed by atoms with Crippen LogP contribution in [-0.2, 0) is 11.2 Å². The summed E-state index contributed by atoms with van der Waals surface area (Å²) in [5.41, 5.74) is 0.730. The molecular weight excluding hydrogens is 288 g/mol. The van der Waals surface area contributed by atoms with E-state index in [4.69, 9.17) is 16.3 Å². The number of nitrogens with zero attached hydrogens (tertiary/aromatic N) is 2. The van der Waals surface area contributed by atoms with Crippen LogP contribution in [0.15, 0.2) is 18.3 Å². The van der Waals surface area contributed by atoms with Gasteiger partial charge in [-0.15, -0.1) is 0 Å². The number of aromatic nitrogens is 1. The Morgan fingerprint density at radius 2 is 2.29 bits per heavy atom. The summed E-state index contributed by atoms with van der Waals surface area (Å²) in [4.78, 5) is 18.0. The summed E-state index contributed by atoms with van der Waals surface area (Å²) in [5, 5.41) is 0.521. The van der Waals surface area contributed by atoms with Crippen molar-refractivity contribution in [3.05, 3.63) is 29.0 Å². The number of carbonyl (C=O) groups excluding carboxylic acids is 1. The van der Waals surface area contributed by atoms with E-state index in [1.165, 1.54) is 5.56 Å². The fraction of sp³-hybridized carbons (Fsp3) is 0.625. The molecule has 5 heteroatoms. The molecule has 0 aliphatic carbocycles. The van der Waals surface area contributed by atoms with Crippen LogP contribution < -0.4 is 0 Å². The van der Waals surface area contributed by atoms with Gasteiger partial charge in [0.1, 0.15) is 10.8 Å². The lowest BCUT2D eigenvalue weighted by atomic mass is 9.92. The molecule has 0 unspecified atom stereocenters. The van der Waals surface area contributed by atoms with Crippen LogP contribution >= 0.6 is 11.6 Å². The van der Waals surface area contributed by atoms with Gasteiger partial charge in [-0.1, -0.05) is 11.6 Å². The van der Waals surface area contributed by atoms with Crippen LogP contribution in [0, 0.1) is 5.92 Å². The molecule has 2 heterocycles. The minimum absolute atomic E-state index is 0.208. The molecule has 0 spiro atoms. The van der Waals surface area contributed by atoms with Crippen molar-refractivity contribution in [1.82, 2.24) is 9.88 Å². The Morgan fingerprint density at radius 3 is 2.95 bits per heavy atom. The van der Waals surface area contributed by atoms with Crippen molar-refractivity contribution < 1.29 is 9.53 Å². The minimum Gasteiger partial charge on any atom is -0.444 e. The summed E-state index contributed by atoms with van der Waals surface area (Å²) in [6.07, 6.45) is 4.58. The third kappa shape index (κ3) is 5.20. The molecule has 1 aromatic rings. The fourth-order valence-corrected chi connectivity index (χ4v) is 2.82. The van der Waals surface area contributed by atoms with E-state index in [1.54, 1.807) is 6.20 Å². The van der Waals surface area contributed by atoms with Crippen molar-refractivity contribution in [2.45, 2.75) is 45.6 Å². The van der Waals surface area contributed by atoms with Gasteiger partial charge in [0.2, 0.25) is 0 Å². The molecule has 1 saturated heterocycles. The Hall–Kier alpha value is -1.29. The largest absolute Gasteiger partial charge is 0.444 e. The molecule has 0 aromatic carbocycles. The first-order valence-corrected chi connectivity index (χ1v) is 7.79. The number of rotatable bonds is 2. The van der Waals surface area contributed by atoms with E-state index in [9.17, 15) is 4.79 Å². The molecule has 1 aliphatic rings. The third-order valence-corrected chi connectivity index (χ3v) is 3.69. The fourth-order valence-electron chi connectivity index (χ4n) is 2.63. The van der Waals surface area contributed by atoms with Gasteiger partial charge in [0.15, 0.2) is 0 Å². The molecule has 0 saturated carbocycles. The standard InChI is InChI=1S/C16H23ClN2O2/c1-16(2,3)21-15(20)19-8-4-5-13(11-19)9-12-6-7-18-14(17)10-12/h6-7,10,13H,4-5,8-9,11H2,1-3H3/t13-/m1/s1. The van der Waals surface area contributed by atoms with Gasteiger partial charge in [0.25, 0.3) is 0 Å². The van der Waals surface area contributed by atoms with Crippen LogP contribution in [0.25, 0.3) is 0 Å². The number of hydrogen-bond donors (Lipinski definition) is 0. The van der Waals surface area contributed by atoms with Crippen molar-refractivity contribution in [3.8, 4) is 0 Å². The summed E-state index contributed by atoms with van der Waals surface area (Å²) in [6.45, 7) is 7.21. The second kappa shape index (κ2) is 6.65. The Bertz CT molecular complexity index is 499. The first-order valence-electron chi connectivity index (χ1n) is 7.42. The lowest BCUT2D eigenvalue weighted by molar-refractivity contribution is 0.0166. The number of amides is 1. The zero-order chi connectivity index (χ0) is 15.5. The van der Waals surface area contributed by atoms with Crippen LogP contribution in [0.1, 0.15) is 39.2 Å². The zero-order valence-corrected chi connectivity index (χ0v) is 13.7. The van der Waals surface area contributed by atoms with Gasteiger partial charge in [-0.05, 0) is 63.6 Å². The van der Waals surface area contributed by atoms with Crippen molar-refractivity contribution in [3.63, 3.8) is 0 Å². The highest BCUT2D eigenvalue weighted by atomic mass is 35.5. The number of carbonyl (C=O) groups is 1. The second-order valence-corrected chi connectivity index (χ2v) is 7.01. The maximum Gasteiger partial charge on any atom is 0.410 e. The van der Waals surface area contributed by atoms with Gasteiger partial charge in [-0.3, -0.25) is 0 Å². The molecule has 116 valence electrons. The Balaban J connectivity index is 1.93. The Kier molecular flexibility index (Phi) is 5.09. The van der Waals surface area contributed by atoms with Gasteiger partial charge < -0.3 is 9.64 Å². The van der Waals surface area contributed by atoms with Crippen molar-refractivity contribution in [2.24, 2.45) is 5.92 Å². The van der Waals surface area contributed by atoms with Gasteiger partial charge in [-0.25, -0.2) is 9.78 Å². The molecule has 1 aromatic heterocycles. The molecule has 21 heavy (non-hydrogen) atoms. The number of hydrogen-bond acceptors (Lipinski definition) is 3. The molecular formula is C16H23ClN2O2. The number of halogens is 1. The van der Waals surface area contributed by atoms with Gasteiger partial charge >= 0.3 is 6.09 Å². The van der Waals surface area contributed by atoms with Gasteiger partial charge in [-0.2, -0.15) is 0 Å². The highest BCUT2D eigenvalue weighted by Gasteiger charge is 2.27. The maximum absolute atomic E-state index is 12.1. The van der Waals surface area contributed by atoms with Gasteiger partial charge in [0.05, 0.1) is 0 Å². The lowest BCUT2D eigenvalue weighted by Crippen LogP contribution is -2.43. The smallest absolute Gasteiger partial charge is 0.410 e. The highest BCUT2D eigenvalue weighted by molar-refractivity contribution is 6.29. The van der Waals surface area contributed by atoms with Gasteiger partial charge in [0, 0.05) is 19.3 Å². The summed E-state index contributed by atoms with van der Waals surface area (Å²) < 4.78 is 5.45. The molecule has 2 rings (SSSR count). The summed E-state index contributed by atoms with van der Waals surface area (Å²) in [7, 11) is 0. The molecule has 1 atom stereocenters. The Morgan fingerprint density at radius 1 is 1.52 bits per heavy atom. The van der Waals surface area contributed by atoms with E-state index in [0.29, 0.717) is 11.1 Å². The summed E-state index contributed by atoms with van der Waals surface area (Å²) >= 11 is 5.92. The molecule has 1 fully saturated rings. The van der Waals surface area contributed by atoms with Crippen LogP contribution in [-0.4, -0.2) is 34.7 Å². The zero-order valence-electron chi connectivity index (χ0n) is 12.9. The van der Waals surface area contributed by atoms with E-state index in [0.717, 1.165) is 32.4 Å². The van der Waals surface area contributed by atoms with Crippen molar-refractivity contribution in [1.29, 1.82) is 0 Å². The van der Waals surface area contributed by atoms with Crippen LogP contribution in [0.3, 0.4) is 0 Å². The molecule has 4 nitrogen and oxygen atoms in total. The van der Waals surface area contributed by atoms with E-state index >= 15 is 0 Å². The van der Waals surface area contributed by atoms with E-state index in [1.807, 2.05) is 37.8 Å². The number of piperidine rings is 1. The van der Waals surface area contributed by atoms with Crippen molar-refractivity contribution in [2.75, 3.05) is 13.1 Å². The SMILES string of the molecule is CC(C)(C)OC(=O)N1CCC[C@H](Cc2ccnc(Cl)c2)C1. The molecule has 1 amide bonds. The predicted molar refractivity (Wildman–Crippen MR) is 83.5 cm³/mol. The van der Waals surface area contributed by atoms with Crippen LogP contribution in [0.5, 0.6) is 0 Å². The quantitative estimate of drug-likeness (QED) is 0.777. The molecule has 0 bridgehead atoms. The Labute approximate surface area is 131 Å². The number of ether oxygens (including phenoxy) is 1. The lowest BCUT2D eigenvalue weighted by Gasteiger charge is -2.34. The van der Waals surface area contributed by atoms with Crippen LogP contribution in [0.2, 0.25) is 5.15 Å². The average Bonchev–Trinajstić information content (AvgIpc) is 2.37. The number of likely N-dealkylation sites (tertiary alicyclic amines) is 1. The van der Waals surface area contributed by atoms with E-state index in [-0.39, 0.29) is 6.09 Å². The first kappa shape index (κ1) is 16.1. The predicted octanol–water partition coefficient (Wildman–Crippen LogP) is 3.92. The topological polar surface area (TPSA) is 42.4 Å². The third-order valence-electron chi connectivity index (χ3n) is 3.49. The minimum atomic E-state index is -0.442.